The third-order valence-electron chi connectivity index (χ3n) is 6.62. The largest absolute Gasteiger partial charge is 0.493 e. The van der Waals surface area contributed by atoms with Gasteiger partial charge in [-0.3, -0.25) is 14.5 Å². The first-order chi connectivity index (χ1) is 18.2. The van der Waals surface area contributed by atoms with Gasteiger partial charge >= 0.3 is 0 Å². The molecule has 0 bridgehead atoms. The number of rotatable bonds is 9. The van der Waals surface area contributed by atoms with Crippen LogP contribution in [0.3, 0.4) is 0 Å². The highest BCUT2D eigenvalue weighted by Gasteiger charge is 2.44. The van der Waals surface area contributed by atoms with Gasteiger partial charge in [0.05, 0.1) is 26.3 Å². The minimum Gasteiger partial charge on any atom is -0.493 e. The number of carbonyl (C=O) groups is 2. The molecule has 0 aromatic heterocycles. The van der Waals surface area contributed by atoms with Crippen molar-refractivity contribution in [2.45, 2.75) is 32.7 Å². The van der Waals surface area contributed by atoms with Gasteiger partial charge in [0.1, 0.15) is 6.04 Å². The Labute approximate surface area is 233 Å². The number of halogens is 1. The van der Waals surface area contributed by atoms with Crippen molar-refractivity contribution in [1.29, 1.82) is 0 Å². The van der Waals surface area contributed by atoms with Crippen molar-refractivity contribution in [3.63, 3.8) is 0 Å². The van der Waals surface area contributed by atoms with Gasteiger partial charge in [-0.2, -0.15) is 0 Å². The maximum Gasteiger partial charge on any atom is 0.256 e. The normalized spacial score (nSPS) is 15.1. The van der Waals surface area contributed by atoms with E-state index >= 15 is 0 Å². The summed E-state index contributed by atoms with van der Waals surface area (Å²) in [6.07, 6.45) is 0.528. The molecule has 1 heterocycles. The number of nitrogens with one attached hydrogen (secondary N) is 1. The van der Waals surface area contributed by atoms with Crippen LogP contribution in [0.4, 0.5) is 11.4 Å². The van der Waals surface area contributed by atoms with E-state index in [1.807, 2.05) is 61.2 Å². The predicted octanol–water partition coefficient (Wildman–Crippen LogP) is 5.55. The van der Waals surface area contributed by atoms with E-state index in [-0.39, 0.29) is 18.2 Å². The first-order valence-electron chi connectivity index (χ1n) is 12.2. The second-order valence-electron chi connectivity index (χ2n) is 9.10. The van der Waals surface area contributed by atoms with Crippen molar-refractivity contribution < 1.29 is 19.1 Å². The highest BCUT2D eigenvalue weighted by atomic mass is 35.5. The number of ether oxygens (including phenoxy) is 2. The zero-order valence-electron chi connectivity index (χ0n) is 21.8. The summed E-state index contributed by atoms with van der Waals surface area (Å²) in [7, 11) is 3.18. The summed E-state index contributed by atoms with van der Waals surface area (Å²) >= 11 is 12.0. The third-order valence-corrected chi connectivity index (χ3v) is 7.45. The molecule has 7 nitrogen and oxygen atoms in total. The van der Waals surface area contributed by atoms with Crippen LogP contribution in [-0.2, 0) is 16.0 Å². The molecule has 1 fully saturated rings. The van der Waals surface area contributed by atoms with E-state index in [1.54, 1.807) is 32.4 Å². The van der Waals surface area contributed by atoms with Crippen LogP contribution in [0.5, 0.6) is 11.5 Å². The molecular formula is C29H30ClN3O4S. The number of nitrogens with zero attached hydrogens (tertiary/aromatic N) is 2. The first-order valence-corrected chi connectivity index (χ1v) is 13.0. The molecule has 1 aliphatic rings. The smallest absolute Gasteiger partial charge is 0.256 e. The Balaban J connectivity index is 1.58. The molecule has 0 aliphatic carbocycles. The van der Waals surface area contributed by atoms with Crippen molar-refractivity contribution in [2.24, 2.45) is 0 Å². The van der Waals surface area contributed by atoms with Crippen LogP contribution in [0.1, 0.15) is 23.1 Å². The van der Waals surface area contributed by atoms with Crippen LogP contribution in [0.2, 0.25) is 5.02 Å². The molecule has 1 aliphatic heterocycles. The SMILES string of the molecule is COc1ccc(CCN2C(=S)N(c3ccc(C)cc3)C(=O)[C@H]2CC(=O)Nc2cccc(Cl)c2C)cc1OC. The molecule has 2 amide bonds. The van der Waals surface area contributed by atoms with Crippen molar-refractivity contribution in [3.05, 3.63) is 82.4 Å². The Morgan fingerprint density at radius 3 is 2.42 bits per heavy atom. The molecule has 0 radical (unpaired) electrons. The number of hydrogen-bond donors (Lipinski definition) is 1. The van der Waals surface area contributed by atoms with E-state index in [2.05, 4.69) is 5.32 Å². The lowest BCUT2D eigenvalue weighted by Gasteiger charge is -2.24. The van der Waals surface area contributed by atoms with Gasteiger partial charge in [0.2, 0.25) is 5.91 Å². The van der Waals surface area contributed by atoms with Crippen molar-refractivity contribution >= 4 is 52.1 Å². The van der Waals surface area contributed by atoms with Crippen molar-refractivity contribution in [3.8, 4) is 11.5 Å². The Morgan fingerprint density at radius 2 is 1.74 bits per heavy atom. The zero-order valence-corrected chi connectivity index (χ0v) is 23.4. The minimum absolute atomic E-state index is 0.0563. The molecule has 0 saturated carbocycles. The zero-order chi connectivity index (χ0) is 27.4. The van der Waals surface area contributed by atoms with E-state index in [1.165, 1.54) is 4.90 Å². The molecule has 198 valence electrons. The highest BCUT2D eigenvalue weighted by molar-refractivity contribution is 7.80. The van der Waals surface area contributed by atoms with Gasteiger partial charge < -0.3 is 19.7 Å². The molecule has 3 aromatic carbocycles. The topological polar surface area (TPSA) is 71.1 Å². The number of carbonyl (C=O) groups excluding carboxylic acids is 2. The van der Waals surface area contributed by atoms with E-state index in [0.717, 1.165) is 16.7 Å². The van der Waals surface area contributed by atoms with E-state index in [4.69, 9.17) is 33.3 Å². The lowest BCUT2D eigenvalue weighted by Crippen LogP contribution is -2.39. The fraction of sp³-hybridized carbons (Fsp3) is 0.276. The number of hydrogen-bond acceptors (Lipinski definition) is 5. The van der Waals surface area contributed by atoms with Crippen LogP contribution in [0, 0.1) is 13.8 Å². The monoisotopic (exact) mass is 551 g/mol. The quantitative estimate of drug-likeness (QED) is 0.352. The summed E-state index contributed by atoms with van der Waals surface area (Å²) in [4.78, 5) is 30.1. The minimum atomic E-state index is -0.747. The number of benzene rings is 3. The second kappa shape index (κ2) is 11.8. The second-order valence-corrected chi connectivity index (χ2v) is 9.88. The average Bonchev–Trinajstić information content (AvgIpc) is 3.14. The predicted molar refractivity (Wildman–Crippen MR) is 154 cm³/mol. The lowest BCUT2D eigenvalue weighted by atomic mass is 10.1. The lowest BCUT2D eigenvalue weighted by molar-refractivity contribution is -0.124. The summed E-state index contributed by atoms with van der Waals surface area (Å²) in [6.45, 7) is 4.26. The van der Waals surface area contributed by atoms with Crippen LogP contribution in [0.25, 0.3) is 0 Å². The molecule has 4 rings (SSSR count). The van der Waals surface area contributed by atoms with Crippen LogP contribution >= 0.6 is 23.8 Å². The van der Waals surface area contributed by atoms with Gasteiger partial charge in [0.25, 0.3) is 5.91 Å². The number of aryl methyl sites for hydroxylation is 1. The maximum absolute atomic E-state index is 13.7. The Morgan fingerprint density at radius 1 is 1.03 bits per heavy atom. The maximum atomic E-state index is 13.7. The van der Waals surface area contributed by atoms with Crippen molar-refractivity contribution in [2.75, 3.05) is 31.0 Å². The molecule has 1 atom stereocenters. The standard InChI is InChI=1S/C29H30ClN3O4S/c1-18-8-11-21(12-9-18)33-28(35)24(17-27(34)31-23-7-5-6-22(30)19(23)2)32(29(33)38)15-14-20-10-13-25(36-3)26(16-20)37-4/h5-13,16,24H,14-15,17H2,1-4H3,(H,31,34)/t24-/m1/s1. The highest BCUT2D eigenvalue weighted by Crippen LogP contribution is 2.31. The Hall–Kier alpha value is -3.62. The Bertz CT molecular complexity index is 1360. The van der Waals surface area contributed by atoms with Gasteiger partial charge in [-0.25, -0.2) is 0 Å². The van der Waals surface area contributed by atoms with Gasteiger partial charge in [0, 0.05) is 17.3 Å². The molecule has 0 spiro atoms. The van der Waals surface area contributed by atoms with Gasteiger partial charge in [-0.15, -0.1) is 0 Å². The molecule has 3 aromatic rings. The van der Waals surface area contributed by atoms with E-state index < -0.39 is 6.04 Å². The molecule has 1 N–H and O–H groups in total. The molecular weight excluding hydrogens is 522 g/mol. The number of anilines is 2. The average molecular weight is 552 g/mol. The molecule has 1 saturated heterocycles. The molecule has 9 heteroatoms. The first kappa shape index (κ1) is 27.4. The summed E-state index contributed by atoms with van der Waals surface area (Å²) in [5, 5.41) is 3.83. The van der Waals surface area contributed by atoms with Gasteiger partial charge in [-0.1, -0.05) is 41.4 Å². The number of methoxy groups -OCH3 is 2. The van der Waals surface area contributed by atoms with E-state index in [0.29, 0.717) is 46.0 Å². The molecule has 0 unspecified atom stereocenters. The van der Waals surface area contributed by atoms with Crippen LogP contribution in [0.15, 0.2) is 60.7 Å². The summed E-state index contributed by atoms with van der Waals surface area (Å²) in [6, 6.07) is 17.9. The third kappa shape index (κ3) is 5.76. The van der Waals surface area contributed by atoms with E-state index in [9.17, 15) is 9.59 Å². The molecule has 38 heavy (non-hydrogen) atoms. The van der Waals surface area contributed by atoms with Gasteiger partial charge in [0.15, 0.2) is 16.6 Å². The summed E-state index contributed by atoms with van der Waals surface area (Å²) in [5.74, 6) is 0.737. The fourth-order valence-corrected chi connectivity index (χ4v) is 5.01. The van der Waals surface area contributed by atoms with Crippen molar-refractivity contribution in [1.82, 2.24) is 4.90 Å². The summed E-state index contributed by atoms with van der Waals surface area (Å²) in [5.41, 5.74) is 4.12. The number of amides is 2. The Kier molecular flexibility index (Phi) is 8.54. The van der Waals surface area contributed by atoms with Crippen LogP contribution in [-0.4, -0.2) is 48.6 Å². The number of thiocarbonyl (C=S) groups is 1. The van der Waals surface area contributed by atoms with Gasteiger partial charge in [-0.05, 0) is 80.0 Å². The fourth-order valence-electron chi connectivity index (χ4n) is 4.42. The summed E-state index contributed by atoms with van der Waals surface area (Å²) < 4.78 is 10.8. The van der Waals surface area contributed by atoms with Crippen LogP contribution < -0.4 is 19.7 Å².